The lowest BCUT2D eigenvalue weighted by Crippen LogP contribution is -2.49. The molecule has 3 N–H and O–H groups in total. The minimum absolute atomic E-state index is 0.157. The Morgan fingerprint density at radius 1 is 1.35 bits per heavy atom. The van der Waals surface area contributed by atoms with Gasteiger partial charge in [-0.25, -0.2) is 4.79 Å². The van der Waals surface area contributed by atoms with Gasteiger partial charge in [0.1, 0.15) is 11.2 Å². The lowest BCUT2D eigenvalue weighted by Gasteiger charge is -2.20. The fourth-order valence-electron chi connectivity index (χ4n) is 1.13. The quantitative estimate of drug-likeness (QED) is 0.676. The van der Waals surface area contributed by atoms with Crippen LogP contribution in [-0.2, 0) is 4.79 Å². The summed E-state index contributed by atoms with van der Waals surface area (Å²) in [5, 5.41) is 11.2. The number of hydrogen-bond donors (Lipinski definition) is 3. The number of carboxylic acids is 1. The van der Waals surface area contributed by atoms with Crippen LogP contribution in [0.25, 0.3) is 0 Å². The first kappa shape index (κ1) is 13.0. The van der Waals surface area contributed by atoms with Gasteiger partial charge in [0, 0.05) is 11.8 Å². The van der Waals surface area contributed by atoms with Crippen molar-refractivity contribution >= 4 is 17.7 Å². The third-order valence-electron chi connectivity index (χ3n) is 2.29. The molecule has 0 aliphatic heterocycles. The molecule has 0 radical (unpaired) electrons. The van der Waals surface area contributed by atoms with E-state index in [0.29, 0.717) is 5.56 Å². The Kier molecular flexibility index (Phi) is 3.36. The predicted octanol–water partition coefficient (Wildman–Crippen LogP) is 0.810. The van der Waals surface area contributed by atoms with Crippen molar-refractivity contribution in [1.82, 2.24) is 10.3 Å². The van der Waals surface area contributed by atoms with Crippen LogP contribution in [0.5, 0.6) is 0 Å². The van der Waals surface area contributed by atoms with Gasteiger partial charge in [-0.05, 0) is 26.8 Å². The van der Waals surface area contributed by atoms with E-state index in [2.05, 4.69) is 10.3 Å². The van der Waals surface area contributed by atoms with Crippen LogP contribution < -0.4 is 5.32 Å². The van der Waals surface area contributed by atoms with Gasteiger partial charge in [0.15, 0.2) is 5.78 Å². The van der Waals surface area contributed by atoms with Gasteiger partial charge in [0.25, 0.3) is 5.91 Å². The molecule has 17 heavy (non-hydrogen) atoms. The van der Waals surface area contributed by atoms with Crippen LogP contribution in [0.3, 0.4) is 0 Å². The summed E-state index contributed by atoms with van der Waals surface area (Å²) < 4.78 is 0. The number of H-pyrrole nitrogens is 1. The minimum Gasteiger partial charge on any atom is -0.480 e. The third-order valence-corrected chi connectivity index (χ3v) is 2.29. The Bertz CT molecular complexity index is 474. The second kappa shape index (κ2) is 4.40. The van der Waals surface area contributed by atoms with E-state index in [1.54, 1.807) is 0 Å². The topological polar surface area (TPSA) is 99.3 Å². The molecule has 6 heteroatoms. The highest BCUT2D eigenvalue weighted by molar-refractivity contribution is 6.00. The SMILES string of the molecule is CC(=O)c1c[nH]c(C(=O)NC(C)(C)C(=O)O)c1. The van der Waals surface area contributed by atoms with E-state index in [1.165, 1.54) is 33.0 Å². The Morgan fingerprint density at radius 2 is 1.94 bits per heavy atom. The molecule has 1 rings (SSSR count). The van der Waals surface area contributed by atoms with Crippen molar-refractivity contribution < 1.29 is 19.5 Å². The number of amides is 1. The van der Waals surface area contributed by atoms with E-state index in [1.807, 2.05) is 0 Å². The maximum Gasteiger partial charge on any atom is 0.328 e. The summed E-state index contributed by atoms with van der Waals surface area (Å²) in [4.78, 5) is 36.2. The van der Waals surface area contributed by atoms with Gasteiger partial charge < -0.3 is 15.4 Å². The van der Waals surface area contributed by atoms with Crippen LogP contribution in [0.1, 0.15) is 41.6 Å². The number of carboxylic acid groups (broad SMARTS) is 1. The molecule has 0 saturated carbocycles. The van der Waals surface area contributed by atoms with Gasteiger partial charge >= 0.3 is 5.97 Å². The summed E-state index contributed by atoms with van der Waals surface area (Å²) in [5.74, 6) is -1.87. The van der Waals surface area contributed by atoms with Crippen molar-refractivity contribution in [1.29, 1.82) is 0 Å². The van der Waals surface area contributed by atoms with Crippen molar-refractivity contribution in [3.8, 4) is 0 Å². The molecule has 0 atom stereocenters. The maximum atomic E-state index is 11.7. The molecular formula is C11H14N2O4. The van der Waals surface area contributed by atoms with E-state index in [4.69, 9.17) is 5.11 Å². The molecule has 0 aliphatic rings. The molecule has 92 valence electrons. The second-order valence-corrected chi connectivity index (χ2v) is 4.24. The monoisotopic (exact) mass is 238 g/mol. The van der Waals surface area contributed by atoms with Crippen molar-refractivity contribution in [2.24, 2.45) is 0 Å². The van der Waals surface area contributed by atoms with Crippen LogP contribution in [0, 0.1) is 0 Å². The fraction of sp³-hybridized carbons (Fsp3) is 0.364. The number of carbonyl (C=O) groups is 3. The number of Topliss-reactive ketones (excluding diaryl/α,β-unsaturated/α-hetero) is 1. The van der Waals surface area contributed by atoms with Gasteiger partial charge in [-0.3, -0.25) is 9.59 Å². The van der Waals surface area contributed by atoms with Crippen molar-refractivity contribution in [2.45, 2.75) is 26.3 Å². The number of carbonyl (C=O) groups excluding carboxylic acids is 2. The van der Waals surface area contributed by atoms with E-state index in [9.17, 15) is 14.4 Å². The van der Waals surface area contributed by atoms with Gasteiger partial charge in [-0.1, -0.05) is 0 Å². The molecule has 0 saturated heterocycles. The first-order valence-corrected chi connectivity index (χ1v) is 4.99. The van der Waals surface area contributed by atoms with Crippen LogP contribution in [0.15, 0.2) is 12.3 Å². The molecular weight excluding hydrogens is 224 g/mol. The van der Waals surface area contributed by atoms with Crippen LogP contribution >= 0.6 is 0 Å². The molecule has 0 fully saturated rings. The summed E-state index contributed by atoms with van der Waals surface area (Å²) in [6.45, 7) is 4.14. The summed E-state index contributed by atoms with van der Waals surface area (Å²) in [7, 11) is 0. The zero-order valence-electron chi connectivity index (χ0n) is 9.83. The van der Waals surface area contributed by atoms with E-state index < -0.39 is 17.4 Å². The van der Waals surface area contributed by atoms with Gasteiger partial charge in [0.2, 0.25) is 0 Å². The van der Waals surface area contributed by atoms with Crippen molar-refractivity contribution in [3.63, 3.8) is 0 Å². The average molecular weight is 238 g/mol. The molecule has 0 spiro atoms. The maximum absolute atomic E-state index is 11.7. The lowest BCUT2D eigenvalue weighted by molar-refractivity contribution is -0.143. The smallest absolute Gasteiger partial charge is 0.328 e. The Hall–Kier alpha value is -2.11. The Balaban J connectivity index is 2.83. The van der Waals surface area contributed by atoms with E-state index in [0.717, 1.165) is 0 Å². The minimum atomic E-state index is -1.36. The van der Waals surface area contributed by atoms with Crippen molar-refractivity contribution in [2.75, 3.05) is 0 Å². The summed E-state index contributed by atoms with van der Waals surface area (Å²) in [6.07, 6.45) is 1.41. The third kappa shape index (κ3) is 2.93. The fourth-order valence-corrected chi connectivity index (χ4v) is 1.13. The second-order valence-electron chi connectivity index (χ2n) is 4.24. The molecule has 6 nitrogen and oxygen atoms in total. The highest BCUT2D eigenvalue weighted by Crippen LogP contribution is 2.07. The molecule has 1 amide bonds. The van der Waals surface area contributed by atoms with Gasteiger partial charge in [-0.2, -0.15) is 0 Å². The lowest BCUT2D eigenvalue weighted by atomic mass is 10.1. The zero-order chi connectivity index (χ0) is 13.2. The van der Waals surface area contributed by atoms with E-state index in [-0.39, 0.29) is 11.5 Å². The summed E-state index contributed by atoms with van der Waals surface area (Å²) in [6, 6.07) is 1.38. The Labute approximate surface area is 98.0 Å². The molecule has 1 heterocycles. The number of aromatic nitrogens is 1. The first-order chi connectivity index (χ1) is 7.74. The highest BCUT2D eigenvalue weighted by atomic mass is 16.4. The van der Waals surface area contributed by atoms with Gasteiger partial charge in [-0.15, -0.1) is 0 Å². The van der Waals surface area contributed by atoms with E-state index >= 15 is 0 Å². The number of aromatic amines is 1. The van der Waals surface area contributed by atoms with Gasteiger partial charge in [0.05, 0.1) is 0 Å². The standard InChI is InChI=1S/C11H14N2O4/c1-6(14)7-4-8(12-5-7)9(15)13-11(2,3)10(16)17/h4-5,12H,1-3H3,(H,13,15)(H,16,17). The summed E-state index contributed by atoms with van der Waals surface area (Å²) >= 11 is 0. The average Bonchev–Trinajstić information content (AvgIpc) is 2.65. The first-order valence-electron chi connectivity index (χ1n) is 4.99. The molecule has 0 aliphatic carbocycles. The number of aliphatic carboxylic acids is 1. The van der Waals surface area contributed by atoms with Crippen LogP contribution in [0.2, 0.25) is 0 Å². The van der Waals surface area contributed by atoms with Crippen LogP contribution in [-0.4, -0.2) is 33.3 Å². The largest absolute Gasteiger partial charge is 0.480 e. The Morgan fingerprint density at radius 3 is 2.35 bits per heavy atom. The molecule has 1 aromatic heterocycles. The molecule has 0 bridgehead atoms. The number of hydrogen-bond acceptors (Lipinski definition) is 3. The zero-order valence-corrected chi connectivity index (χ0v) is 9.83. The molecule has 1 aromatic rings. The number of rotatable bonds is 4. The van der Waals surface area contributed by atoms with Crippen molar-refractivity contribution in [3.05, 3.63) is 23.5 Å². The highest BCUT2D eigenvalue weighted by Gasteiger charge is 2.29. The number of ketones is 1. The molecule has 0 aromatic carbocycles. The summed E-state index contributed by atoms with van der Waals surface area (Å²) in [5.41, 5.74) is -0.828. The predicted molar refractivity (Wildman–Crippen MR) is 60.0 cm³/mol. The molecule has 0 unspecified atom stereocenters. The number of nitrogens with one attached hydrogen (secondary N) is 2. The normalized spacial score (nSPS) is 11.0. The van der Waals surface area contributed by atoms with Crippen LogP contribution in [0.4, 0.5) is 0 Å².